The van der Waals surface area contributed by atoms with E-state index >= 15 is 0 Å². The number of hydrogen-bond acceptors (Lipinski definition) is 4. The van der Waals surface area contributed by atoms with Gasteiger partial charge in [-0.25, -0.2) is 9.59 Å². The third kappa shape index (κ3) is 14.5. The van der Waals surface area contributed by atoms with E-state index in [1.165, 1.54) is 60.5 Å². The number of unbranched alkanes of at least 4 members (excludes halogenated alkanes) is 10. The molecule has 4 nitrogen and oxygen atoms in total. The van der Waals surface area contributed by atoms with Crippen LogP contribution < -0.4 is 0 Å². The van der Waals surface area contributed by atoms with Gasteiger partial charge in [0.15, 0.2) is 0 Å². The molecule has 0 spiro atoms. The Kier molecular flexibility index (Phi) is 18.0. The first kappa shape index (κ1) is 32.8. The molecular weight excluding hydrogens is 531 g/mol. The summed E-state index contributed by atoms with van der Waals surface area (Å²) < 4.78 is 13.7. The van der Waals surface area contributed by atoms with E-state index in [-0.39, 0.29) is 0 Å². The van der Waals surface area contributed by atoms with Crippen molar-refractivity contribution < 1.29 is 33.5 Å². The van der Waals surface area contributed by atoms with Gasteiger partial charge in [-0.3, -0.25) is 0 Å². The summed E-state index contributed by atoms with van der Waals surface area (Å²) in [5.74, 6) is -0.888. The Balaban J connectivity index is 0.000000397. The SMILES string of the molecule is C1=CC[C]([Ni][C]2=CC=CC2)=C1.CCCCCCCCOC(=O)c1ccccc1C(=O)OCCCCCCCC. The van der Waals surface area contributed by atoms with Crippen LogP contribution in [0.4, 0.5) is 0 Å². The topological polar surface area (TPSA) is 52.6 Å². The Bertz CT molecular complexity index is 896. The average molecular weight is 579 g/mol. The fourth-order valence-electron chi connectivity index (χ4n) is 4.15. The molecule has 218 valence electrons. The molecule has 39 heavy (non-hydrogen) atoms. The molecule has 0 saturated carbocycles. The van der Waals surface area contributed by atoms with Crippen LogP contribution >= 0.6 is 0 Å². The van der Waals surface area contributed by atoms with E-state index in [0.717, 1.165) is 38.5 Å². The first-order chi connectivity index (χ1) is 19.2. The van der Waals surface area contributed by atoms with Crippen LogP contribution in [0.25, 0.3) is 0 Å². The number of benzene rings is 1. The molecule has 0 fully saturated rings. The van der Waals surface area contributed by atoms with Crippen LogP contribution in [-0.4, -0.2) is 25.2 Å². The molecule has 0 aromatic heterocycles. The molecule has 1 aromatic carbocycles. The van der Waals surface area contributed by atoms with E-state index in [1.54, 1.807) is 38.7 Å². The van der Waals surface area contributed by atoms with Crippen molar-refractivity contribution in [3.63, 3.8) is 0 Å². The average Bonchev–Trinajstić information content (AvgIpc) is 3.67. The largest absolute Gasteiger partial charge is 0.462 e. The van der Waals surface area contributed by atoms with Gasteiger partial charge in [-0.1, -0.05) is 90.2 Å². The summed E-state index contributed by atoms with van der Waals surface area (Å²) in [7, 11) is 0. The van der Waals surface area contributed by atoms with Crippen molar-refractivity contribution in [1.82, 2.24) is 0 Å². The minimum absolute atomic E-state index is 0.293. The van der Waals surface area contributed by atoms with E-state index in [0.29, 0.717) is 24.3 Å². The van der Waals surface area contributed by atoms with E-state index in [1.807, 2.05) is 0 Å². The minimum atomic E-state index is -0.444. The third-order valence-corrected chi connectivity index (χ3v) is 7.80. The summed E-state index contributed by atoms with van der Waals surface area (Å²) in [6, 6.07) is 6.74. The fraction of sp³-hybridized carbons (Fsp3) is 0.529. The van der Waals surface area contributed by atoms with Gasteiger partial charge in [-0.05, 0) is 25.0 Å². The van der Waals surface area contributed by atoms with Crippen LogP contribution in [0, 0.1) is 0 Å². The molecule has 0 aliphatic heterocycles. The van der Waals surface area contributed by atoms with Gasteiger partial charge < -0.3 is 9.47 Å². The van der Waals surface area contributed by atoms with Crippen molar-refractivity contribution in [3.05, 3.63) is 80.9 Å². The van der Waals surface area contributed by atoms with Crippen LogP contribution in [0.1, 0.15) is 124 Å². The predicted octanol–water partition coefficient (Wildman–Crippen LogP) is 9.48. The monoisotopic (exact) mass is 578 g/mol. The molecule has 0 N–H and O–H groups in total. The molecule has 5 heteroatoms. The Morgan fingerprint density at radius 2 is 1.05 bits per heavy atom. The van der Waals surface area contributed by atoms with Gasteiger partial charge in [0, 0.05) is 0 Å². The normalized spacial score (nSPS) is 13.6. The number of carbonyl (C=O) groups excluding carboxylic acids is 2. The van der Waals surface area contributed by atoms with Crippen molar-refractivity contribution in [2.24, 2.45) is 0 Å². The van der Waals surface area contributed by atoms with Crippen molar-refractivity contribution in [2.75, 3.05) is 13.2 Å². The summed E-state index contributed by atoms with van der Waals surface area (Å²) in [5.41, 5.74) is 0.586. The maximum absolute atomic E-state index is 12.4. The summed E-state index contributed by atoms with van der Waals surface area (Å²) in [4.78, 5) is 24.7. The zero-order chi connectivity index (χ0) is 28.0. The standard InChI is InChI=1S/C24H38O4.2C5H5.Ni/c1-3-5-7-9-11-15-19-27-23(25)21-17-13-14-18-22(21)24(26)28-20-16-12-10-8-6-4-2;2*1-2-4-5-3-1;/h13-14,17-18H,3-12,15-16,19-20H2,1-2H3;2*1-3H,4H2;. The summed E-state index contributed by atoms with van der Waals surface area (Å²) in [6.45, 7) is 5.17. The molecule has 1 aromatic rings. The maximum Gasteiger partial charge on any atom is 0.339 e. The second kappa shape index (κ2) is 21.4. The molecule has 0 unspecified atom stereocenters. The number of carbonyl (C=O) groups is 2. The van der Waals surface area contributed by atoms with Crippen LogP contribution in [-0.2, 0) is 23.9 Å². The minimum Gasteiger partial charge on any atom is -0.462 e. The maximum atomic E-state index is 12.4. The van der Waals surface area contributed by atoms with Crippen LogP contribution in [0.3, 0.4) is 0 Å². The Morgan fingerprint density at radius 3 is 1.44 bits per heavy atom. The molecule has 2 aliphatic rings. The third-order valence-electron chi connectivity index (χ3n) is 6.44. The first-order valence-electron chi connectivity index (χ1n) is 14.9. The molecule has 0 saturated heterocycles. The molecular formula is C34H48NiO4. The zero-order valence-electron chi connectivity index (χ0n) is 24.0. The van der Waals surface area contributed by atoms with E-state index < -0.39 is 11.9 Å². The number of allylic oxidation sites excluding steroid dienone is 8. The van der Waals surface area contributed by atoms with Gasteiger partial charge in [0.2, 0.25) is 0 Å². The zero-order valence-corrected chi connectivity index (χ0v) is 25.0. The van der Waals surface area contributed by atoms with Crippen molar-refractivity contribution >= 4 is 11.9 Å². The smallest absolute Gasteiger partial charge is 0.339 e. The molecule has 2 aliphatic carbocycles. The second-order valence-corrected chi connectivity index (χ2v) is 11.4. The predicted molar refractivity (Wildman–Crippen MR) is 157 cm³/mol. The molecule has 0 radical (unpaired) electrons. The molecule has 0 heterocycles. The first-order valence-corrected chi connectivity index (χ1v) is 15.9. The van der Waals surface area contributed by atoms with Crippen molar-refractivity contribution in [2.45, 2.75) is 104 Å². The van der Waals surface area contributed by atoms with E-state index in [2.05, 4.69) is 50.3 Å². The number of esters is 2. The summed E-state index contributed by atoms with van der Waals surface area (Å²) in [5, 5.41) is 0. The quantitative estimate of drug-likeness (QED) is 0.0988. The number of ether oxygens (including phenoxy) is 2. The van der Waals surface area contributed by atoms with Gasteiger partial charge in [0.05, 0.1) is 24.3 Å². The molecule has 0 atom stereocenters. The Hall–Kier alpha value is -2.39. The van der Waals surface area contributed by atoms with Gasteiger partial charge in [-0.15, -0.1) is 0 Å². The molecule has 3 rings (SSSR count). The van der Waals surface area contributed by atoms with E-state index in [9.17, 15) is 9.59 Å². The van der Waals surface area contributed by atoms with Crippen LogP contribution in [0.5, 0.6) is 0 Å². The summed E-state index contributed by atoms with van der Waals surface area (Å²) >= 11 is 1.73. The van der Waals surface area contributed by atoms with Crippen LogP contribution in [0.2, 0.25) is 0 Å². The fourth-order valence-corrected chi connectivity index (χ4v) is 5.35. The Morgan fingerprint density at radius 1 is 0.641 bits per heavy atom. The van der Waals surface area contributed by atoms with E-state index in [4.69, 9.17) is 9.47 Å². The number of rotatable bonds is 18. The van der Waals surface area contributed by atoms with Gasteiger partial charge in [0.1, 0.15) is 0 Å². The Labute approximate surface area is 242 Å². The van der Waals surface area contributed by atoms with Gasteiger partial charge in [0.25, 0.3) is 0 Å². The molecule has 0 bridgehead atoms. The van der Waals surface area contributed by atoms with Gasteiger partial charge >= 0.3 is 84.8 Å². The molecule has 0 amide bonds. The van der Waals surface area contributed by atoms with Gasteiger partial charge in [-0.2, -0.15) is 0 Å². The number of hydrogen-bond donors (Lipinski definition) is 0. The summed E-state index contributed by atoms with van der Waals surface area (Å²) in [6.07, 6.45) is 29.0. The second-order valence-electron chi connectivity index (χ2n) is 9.84. The van der Waals surface area contributed by atoms with Crippen molar-refractivity contribution in [1.29, 1.82) is 0 Å². The van der Waals surface area contributed by atoms with Crippen LogP contribution in [0.15, 0.2) is 69.8 Å². The van der Waals surface area contributed by atoms with Crippen molar-refractivity contribution in [3.8, 4) is 0 Å².